The van der Waals surface area contributed by atoms with Crippen LogP contribution >= 0.6 is 0 Å². The van der Waals surface area contributed by atoms with Crippen molar-refractivity contribution in [3.63, 3.8) is 0 Å². The molecule has 2 aliphatic heterocycles. The number of rotatable bonds is 3. The Morgan fingerprint density at radius 2 is 0.529 bits per heavy atom. The molecule has 3 aliphatic carbocycles. The van der Waals surface area contributed by atoms with Crippen molar-refractivity contribution in [3.05, 3.63) is 232 Å². The number of hydrogen-bond acceptors (Lipinski definition) is 1. The van der Waals surface area contributed by atoms with Gasteiger partial charge in [-0.25, -0.2) is 0 Å². The molecule has 2 heterocycles. The molecule has 70 heavy (non-hydrogen) atoms. The Hall–Kier alpha value is -7.22. The van der Waals surface area contributed by atoms with Crippen LogP contribution in [0, 0.1) is 0 Å². The molecule has 0 bridgehead atoms. The third-order valence-corrected chi connectivity index (χ3v) is 18.3. The molecule has 0 aromatic heterocycles. The summed E-state index contributed by atoms with van der Waals surface area (Å²) in [7, 11) is 0. The number of hydrogen-bond donors (Lipinski definition) is 0. The molecule has 0 saturated heterocycles. The van der Waals surface area contributed by atoms with Crippen LogP contribution in [-0.4, -0.2) is 0 Å². The lowest BCUT2D eigenvalue weighted by Crippen LogP contribution is -2.38. The maximum atomic E-state index is 2.63. The summed E-state index contributed by atoms with van der Waals surface area (Å²) in [5.41, 5.74) is 32.7. The Bertz CT molecular complexity index is 3620. The summed E-state index contributed by atoms with van der Waals surface area (Å²) in [6.45, 7) is 24.1. The van der Waals surface area contributed by atoms with Crippen LogP contribution < -0.4 is 4.90 Å². The molecule has 0 radical (unpaired) electrons. The second-order valence-electron chi connectivity index (χ2n) is 23.8. The van der Waals surface area contributed by atoms with Gasteiger partial charge < -0.3 is 4.90 Å². The van der Waals surface area contributed by atoms with E-state index in [4.69, 9.17) is 0 Å². The highest BCUT2D eigenvalue weighted by molar-refractivity contribution is 5.97. The molecular weight excluding hydrogens is 843 g/mol. The average Bonchev–Trinajstić information content (AvgIpc) is 3.85. The van der Waals surface area contributed by atoms with Gasteiger partial charge in [-0.1, -0.05) is 191 Å². The van der Waals surface area contributed by atoms with Crippen molar-refractivity contribution in [2.45, 2.75) is 96.3 Å². The van der Waals surface area contributed by atoms with Crippen LogP contribution in [0.5, 0.6) is 0 Å². The molecule has 340 valence electrons. The molecule has 14 rings (SSSR count). The van der Waals surface area contributed by atoms with E-state index in [1.54, 1.807) is 0 Å². The van der Waals surface area contributed by atoms with Crippen molar-refractivity contribution in [1.29, 1.82) is 0 Å². The van der Waals surface area contributed by atoms with Crippen molar-refractivity contribution in [3.8, 4) is 66.8 Å². The van der Waals surface area contributed by atoms with Crippen molar-refractivity contribution >= 4 is 17.1 Å². The van der Waals surface area contributed by atoms with E-state index in [1.165, 1.54) is 139 Å². The molecule has 0 fully saturated rings. The highest BCUT2D eigenvalue weighted by Crippen LogP contribution is 2.62. The molecule has 1 heteroatoms. The van der Waals surface area contributed by atoms with E-state index in [0.29, 0.717) is 0 Å². The van der Waals surface area contributed by atoms with Crippen LogP contribution in [0.25, 0.3) is 66.8 Å². The second-order valence-corrected chi connectivity index (χ2v) is 23.8. The lowest BCUT2D eigenvalue weighted by molar-refractivity contribution is 0.598. The number of anilines is 3. The van der Waals surface area contributed by atoms with E-state index in [-0.39, 0.29) is 27.1 Å². The summed E-state index contributed by atoms with van der Waals surface area (Å²) < 4.78 is 0. The van der Waals surface area contributed by atoms with E-state index < -0.39 is 0 Å². The molecule has 0 unspecified atom stereocenters. The Morgan fingerprint density at radius 1 is 0.229 bits per heavy atom. The van der Waals surface area contributed by atoms with Crippen LogP contribution in [-0.2, 0) is 27.1 Å². The summed E-state index contributed by atoms with van der Waals surface area (Å²) in [6.07, 6.45) is 0. The topological polar surface area (TPSA) is 3.24 Å². The Balaban J connectivity index is 0.968. The molecule has 9 aromatic carbocycles. The third-order valence-electron chi connectivity index (χ3n) is 18.3. The standard InChI is InChI=1S/C69H59N/c1-65(2)53-21-15-12-18-47(53)50-33-40(24-29-55(50)65)42-26-31-62-58(36-42)68(7,8)60-38-45(44-23-28-49-46-17-11-14-20-52(46)67(5,6)57(49)35-44)39-61-64(60)70(62)63-32-27-43(37-59(63)69(61,9)10)41-25-30-56-51(34-41)48-19-13-16-22-54(48)66(56,3)4/h11-39H,1-10H3. The molecule has 0 saturated carbocycles. The van der Waals surface area contributed by atoms with Crippen LogP contribution in [0.4, 0.5) is 17.1 Å². The maximum Gasteiger partial charge on any atom is 0.0544 e. The minimum atomic E-state index is -0.304. The SMILES string of the molecule is CC1(C)c2ccccc2-c2cc(-c3ccc4c(c3)C(C)(C)c3cc(-c5ccc6c(c5)C(C)(C)c5ccccc5-6)cc5c3N4c3ccc(-c4ccc6c(c4)-c4ccccc4C6(C)C)cc3C5(C)C)ccc21. The van der Waals surface area contributed by atoms with Gasteiger partial charge >= 0.3 is 0 Å². The average molecular weight is 902 g/mol. The van der Waals surface area contributed by atoms with E-state index in [0.717, 1.165) is 0 Å². The molecule has 0 N–H and O–H groups in total. The summed E-state index contributed by atoms with van der Waals surface area (Å²) in [5.74, 6) is 0. The van der Waals surface area contributed by atoms with Gasteiger partial charge in [-0.05, 0) is 177 Å². The highest BCUT2D eigenvalue weighted by Gasteiger charge is 2.47. The highest BCUT2D eigenvalue weighted by atomic mass is 15.2. The van der Waals surface area contributed by atoms with Crippen molar-refractivity contribution in [2.24, 2.45) is 0 Å². The maximum absolute atomic E-state index is 2.63. The lowest BCUT2D eigenvalue weighted by atomic mass is 9.65. The van der Waals surface area contributed by atoms with Crippen LogP contribution in [0.2, 0.25) is 0 Å². The molecule has 0 spiro atoms. The van der Waals surface area contributed by atoms with Gasteiger partial charge in [0, 0.05) is 27.1 Å². The summed E-state index contributed by atoms with van der Waals surface area (Å²) >= 11 is 0. The summed E-state index contributed by atoms with van der Waals surface area (Å²) in [5, 5.41) is 0. The molecular formula is C69H59N. The fourth-order valence-electron chi connectivity index (χ4n) is 14.2. The summed E-state index contributed by atoms with van der Waals surface area (Å²) in [6, 6.07) is 68.4. The smallest absolute Gasteiger partial charge is 0.0544 e. The predicted octanol–water partition coefficient (Wildman–Crippen LogP) is 18.4. The van der Waals surface area contributed by atoms with Crippen molar-refractivity contribution in [1.82, 2.24) is 0 Å². The number of nitrogens with zero attached hydrogens (tertiary/aromatic N) is 1. The second kappa shape index (κ2) is 13.6. The number of benzene rings is 9. The van der Waals surface area contributed by atoms with E-state index in [1.807, 2.05) is 0 Å². The van der Waals surface area contributed by atoms with E-state index in [9.17, 15) is 0 Å². The van der Waals surface area contributed by atoms with Gasteiger partial charge in [0.25, 0.3) is 0 Å². The molecule has 0 atom stereocenters. The zero-order valence-corrected chi connectivity index (χ0v) is 42.2. The predicted molar refractivity (Wildman–Crippen MR) is 294 cm³/mol. The minimum Gasteiger partial charge on any atom is -0.309 e. The Labute approximate surface area is 414 Å². The zero-order chi connectivity index (χ0) is 48.0. The quantitative estimate of drug-likeness (QED) is 0.171. The third kappa shape index (κ3) is 5.28. The van der Waals surface area contributed by atoms with Crippen LogP contribution in [0.3, 0.4) is 0 Å². The monoisotopic (exact) mass is 901 g/mol. The van der Waals surface area contributed by atoms with Gasteiger partial charge in [0.1, 0.15) is 0 Å². The first-order valence-electron chi connectivity index (χ1n) is 25.5. The largest absolute Gasteiger partial charge is 0.309 e. The van der Waals surface area contributed by atoms with Gasteiger partial charge in [-0.3, -0.25) is 0 Å². The summed E-state index contributed by atoms with van der Waals surface area (Å²) in [4.78, 5) is 2.63. The number of fused-ring (bicyclic) bond motifs is 13. The van der Waals surface area contributed by atoms with Gasteiger partial charge in [-0.15, -0.1) is 0 Å². The fraction of sp³-hybridized carbons (Fsp3) is 0.217. The lowest BCUT2D eigenvalue weighted by Gasteiger charge is -2.50. The van der Waals surface area contributed by atoms with Crippen molar-refractivity contribution < 1.29 is 0 Å². The zero-order valence-electron chi connectivity index (χ0n) is 42.2. The molecule has 0 amide bonds. The van der Waals surface area contributed by atoms with Gasteiger partial charge in [0.2, 0.25) is 0 Å². The fourth-order valence-corrected chi connectivity index (χ4v) is 14.2. The van der Waals surface area contributed by atoms with E-state index in [2.05, 4.69) is 250 Å². The molecule has 5 aliphatic rings. The van der Waals surface area contributed by atoms with Crippen LogP contribution in [0.15, 0.2) is 176 Å². The first-order chi connectivity index (χ1) is 33.5. The normalized spacial score (nSPS) is 17.5. The van der Waals surface area contributed by atoms with E-state index >= 15 is 0 Å². The van der Waals surface area contributed by atoms with Gasteiger partial charge in [0.05, 0.1) is 17.1 Å². The molecule has 9 aromatic rings. The Kier molecular flexibility index (Phi) is 8.08. The minimum absolute atomic E-state index is 0.0296. The van der Waals surface area contributed by atoms with Crippen molar-refractivity contribution in [2.75, 3.05) is 4.90 Å². The first-order valence-corrected chi connectivity index (χ1v) is 25.5. The molecule has 1 nitrogen and oxygen atoms in total. The Morgan fingerprint density at radius 3 is 1.00 bits per heavy atom. The van der Waals surface area contributed by atoms with Gasteiger partial charge in [0.15, 0.2) is 0 Å². The first kappa shape index (κ1) is 41.7. The van der Waals surface area contributed by atoms with Crippen LogP contribution in [0.1, 0.15) is 125 Å². The van der Waals surface area contributed by atoms with Gasteiger partial charge in [-0.2, -0.15) is 0 Å².